The molecule has 1 saturated carbocycles. The van der Waals surface area contributed by atoms with E-state index in [9.17, 15) is 8.42 Å². The van der Waals surface area contributed by atoms with Crippen molar-refractivity contribution in [2.24, 2.45) is 5.41 Å². The van der Waals surface area contributed by atoms with Crippen LogP contribution in [0.1, 0.15) is 12.8 Å². The summed E-state index contributed by atoms with van der Waals surface area (Å²) < 4.78 is 26.3. The van der Waals surface area contributed by atoms with Gasteiger partial charge in [0.2, 0.25) is 10.0 Å². The van der Waals surface area contributed by atoms with E-state index in [0.29, 0.717) is 6.54 Å². The van der Waals surface area contributed by atoms with E-state index in [1.165, 1.54) is 6.20 Å². The van der Waals surface area contributed by atoms with Gasteiger partial charge in [0.1, 0.15) is 4.90 Å². The molecule has 0 amide bonds. The lowest BCUT2D eigenvalue weighted by molar-refractivity contribution is 0.538. The lowest BCUT2D eigenvalue weighted by Gasteiger charge is -2.12. The zero-order valence-corrected chi connectivity index (χ0v) is 11.1. The Bertz CT molecular complexity index is 457. The molecule has 1 aliphatic carbocycles. The molecule has 1 aliphatic rings. The van der Waals surface area contributed by atoms with Crippen LogP contribution in [0.5, 0.6) is 0 Å². The van der Waals surface area contributed by atoms with E-state index < -0.39 is 10.0 Å². The van der Waals surface area contributed by atoms with E-state index >= 15 is 0 Å². The Morgan fingerprint density at radius 2 is 2.25 bits per heavy atom. The number of sulfonamides is 1. The Morgan fingerprint density at radius 1 is 1.50 bits per heavy atom. The van der Waals surface area contributed by atoms with Crippen LogP contribution in [0.3, 0.4) is 0 Å². The Labute approximate surface area is 104 Å². The highest BCUT2D eigenvalue weighted by molar-refractivity contribution is 9.09. The van der Waals surface area contributed by atoms with Gasteiger partial charge < -0.3 is 0 Å². The van der Waals surface area contributed by atoms with Crippen LogP contribution < -0.4 is 4.72 Å². The number of alkyl halides is 1. The van der Waals surface area contributed by atoms with Gasteiger partial charge in [-0.3, -0.25) is 4.98 Å². The molecule has 0 radical (unpaired) electrons. The maximum absolute atomic E-state index is 11.9. The van der Waals surface area contributed by atoms with Crippen molar-refractivity contribution in [1.29, 1.82) is 0 Å². The van der Waals surface area contributed by atoms with Crippen molar-refractivity contribution in [3.8, 4) is 0 Å². The molecular formula is C10H13BrN2O2S. The Balaban J connectivity index is 2.04. The van der Waals surface area contributed by atoms with E-state index in [2.05, 4.69) is 25.6 Å². The van der Waals surface area contributed by atoms with Crippen molar-refractivity contribution < 1.29 is 8.42 Å². The molecular weight excluding hydrogens is 292 g/mol. The summed E-state index contributed by atoms with van der Waals surface area (Å²) in [6.45, 7) is 0.496. The summed E-state index contributed by atoms with van der Waals surface area (Å²) in [6, 6.07) is 3.16. The average Bonchev–Trinajstić information content (AvgIpc) is 3.09. The van der Waals surface area contributed by atoms with E-state index in [0.717, 1.165) is 18.2 Å². The maximum Gasteiger partial charge on any atom is 0.242 e. The zero-order valence-electron chi connectivity index (χ0n) is 8.69. The van der Waals surface area contributed by atoms with Crippen molar-refractivity contribution in [3.63, 3.8) is 0 Å². The fraction of sp³-hybridized carbons (Fsp3) is 0.500. The summed E-state index contributed by atoms with van der Waals surface area (Å²) in [4.78, 5) is 4.03. The third-order valence-electron chi connectivity index (χ3n) is 2.82. The van der Waals surface area contributed by atoms with Crippen molar-refractivity contribution >= 4 is 26.0 Å². The Hall–Kier alpha value is -0.460. The molecule has 16 heavy (non-hydrogen) atoms. The van der Waals surface area contributed by atoms with Gasteiger partial charge in [-0.25, -0.2) is 13.1 Å². The molecule has 1 fully saturated rings. The van der Waals surface area contributed by atoms with Crippen molar-refractivity contribution in [2.45, 2.75) is 17.7 Å². The second-order valence-electron chi connectivity index (χ2n) is 4.15. The molecule has 1 N–H and O–H groups in total. The highest BCUT2D eigenvalue weighted by Crippen LogP contribution is 2.46. The molecule has 1 aromatic heterocycles. The monoisotopic (exact) mass is 304 g/mol. The predicted molar refractivity (Wildman–Crippen MR) is 64.9 cm³/mol. The lowest BCUT2D eigenvalue weighted by Crippen LogP contribution is -2.31. The van der Waals surface area contributed by atoms with Crippen molar-refractivity contribution in [2.75, 3.05) is 11.9 Å². The van der Waals surface area contributed by atoms with E-state index in [1.807, 2.05) is 0 Å². The van der Waals surface area contributed by atoms with Crippen LogP contribution in [0.4, 0.5) is 0 Å². The summed E-state index contributed by atoms with van der Waals surface area (Å²) in [7, 11) is -3.40. The molecule has 0 unspecified atom stereocenters. The van der Waals surface area contributed by atoms with Gasteiger partial charge in [-0.15, -0.1) is 0 Å². The predicted octanol–water partition coefficient (Wildman–Crippen LogP) is 1.54. The number of halogens is 1. The smallest absolute Gasteiger partial charge is 0.242 e. The summed E-state index contributed by atoms with van der Waals surface area (Å²) in [5.41, 5.74) is 0.134. The van der Waals surface area contributed by atoms with Gasteiger partial charge >= 0.3 is 0 Å². The highest BCUT2D eigenvalue weighted by Gasteiger charge is 2.42. The molecule has 0 spiro atoms. The topological polar surface area (TPSA) is 59.1 Å². The first-order valence-electron chi connectivity index (χ1n) is 5.04. The number of hydrogen-bond acceptors (Lipinski definition) is 3. The summed E-state index contributed by atoms with van der Waals surface area (Å²) in [6.07, 6.45) is 5.07. The average molecular weight is 305 g/mol. The van der Waals surface area contributed by atoms with Gasteiger partial charge in [0.15, 0.2) is 0 Å². The van der Waals surface area contributed by atoms with Crippen molar-refractivity contribution in [1.82, 2.24) is 9.71 Å². The normalized spacial score (nSPS) is 18.3. The van der Waals surface area contributed by atoms with Gasteiger partial charge in [-0.1, -0.05) is 15.9 Å². The quantitative estimate of drug-likeness (QED) is 0.839. The molecule has 88 valence electrons. The number of nitrogens with one attached hydrogen (secondary N) is 1. The first-order chi connectivity index (χ1) is 7.58. The zero-order chi connectivity index (χ0) is 11.6. The Kier molecular flexibility index (Phi) is 3.32. The molecule has 4 nitrogen and oxygen atoms in total. The fourth-order valence-corrected chi connectivity index (χ4v) is 3.25. The third-order valence-corrected chi connectivity index (χ3v) is 5.40. The van der Waals surface area contributed by atoms with Crippen LogP contribution in [-0.2, 0) is 10.0 Å². The summed E-state index contributed by atoms with van der Waals surface area (Å²) >= 11 is 3.41. The number of hydrogen-bond donors (Lipinski definition) is 1. The molecule has 0 aliphatic heterocycles. The molecule has 0 atom stereocenters. The molecule has 1 heterocycles. The highest BCUT2D eigenvalue weighted by atomic mass is 79.9. The van der Waals surface area contributed by atoms with Crippen LogP contribution in [-0.4, -0.2) is 25.3 Å². The minimum absolute atomic E-state index is 0.134. The summed E-state index contributed by atoms with van der Waals surface area (Å²) in [5, 5.41) is 0.843. The van der Waals surface area contributed by atoms with Gasteiger partial charge in [-0.2, -0.15) is 0 Å². The molecule has 6 heteroatoms. The van der Waals surface area contributed by atoms with Gasteiger partial charge in [0.25, 0.3) is 0 Å². The molecule has 2 rings (SSSR count). The number of aromatic nitrogens is 1. The first kappa shape index (κ1) is 12.0. The van der Waals surface area contributed by atoms with E-state index in [1.54, 1.807) is 18.3 Å². The number of pyridine rings is 1. The van der Waals surface area contributed by atoms with Crippen LogP contribution in [0.2, 0.25) is 0 Å². The largest absolute Gasteiger partial charge is 0.263 e. The summed E-state index contributed by atoms with van der Waals surface area (Å²) in [5.74, 6) is 0. The van der Waals surface area contributed by atoms with Gasteiger partial charge in [-0.05, 0) is 30.4 Å². The van der Waals surface area contributed by atoms with Gasteiger partial charge in [0, 0.05) is 24.3 Å². The molecule has 1 aromatic rings. The van der Waals surface area contributed by atoms with E-state index in [4.69, 9.17) is 0 Å². The number of rotatable bonds is 5. The molecule has 0 saturated heterocycles. The second-order valence-corrected chi connectivity index (χ2v) is 6.47. The minimum Gasteiger partial charge on any atom is -0.263 e. The molecule has 0 aromatic carbocycles. The second kappa shape index (κ2) is 4.43. The Morgan fingerprint density at radius 3 is 2.75 bits per heavy atom. The first-order valence-corrected chi connectivity index (χ1v) is 7.64. The van der Waals surface area contributed by atoms with Crippen LogP contribution in [0.25, 0.3) is 0 Å². The van der Waals surface area contributed by atoms with E-state index in [-0.39, 0.29) is 10.3 Å². The third kappa shape index (κ3) is 2.61. The minimum atomic E-state index is -3.40. The van der Waals surface area contributed by atoms with Crippen LogP contribution in [0.15, 0.2) is 29.4 Å². The van der Waals surface area contributed by atoms with Gasteiger partial charge in [0.05, 0.1) is 0 Å². The van der Waals surface area contributed by atoms with Crippen LogP contribution in [0, 0.1) is 5.41 Å². The molecule has 0 bridgehead atoms. The SMILES string of the molecule is O=S(=O)(NCC1(CBr)CC1)c1cccnc1. The van der Waals surface area contributed by atoms with Crippen LogP contribution >= 0.6 is 15.9 Å². The number of nitrogens with zero attached hydrogens (tertiary/aromatic N) is 1. The maximum atomic E-state index is 11.9. The van der Waals surface area contributed by atoms with Crippen molar-refractivity contribution in [3.05, 3.63) is 24.5 Å². The lowest BCUT2D eigenvalue weighted by atomic mass is 10.1. The fourth-order valence-electron chi connectivity index (χ4n) is 1.37. The standard InChI is InChI=1S/C10H13BrN2O2S/c11-7-10(3-4-10)8-13-16(14,15)9-2-1-5-12-6-9/h1-2,5-6,13H,3-4,7-8H2.